The Bertz CT molecular complexity index is 900. The van der Waals surface area contributed by atoms with Crippen LogP contribution in [0.2, 0.25) is 0 Å². The average molecular weight is 371 g/mol. The van der Waals surface area contributed by atoms with Gasteiger partial charge in [0.2, 0.25) is 5.78 Å². The van der Waals surface area contributed by atoms with Gasteiger partial charge >= 0.3 is 0 Å². The summed E-state index contributed by atoms with van der Waals surface area (Å²) >= 11 is 1.06. The number of aliphatic imine (C=N–C) groups is 1. The molecule has 0 N–H and O–H groups in total. The fraction of sp³-hybridized carbons (Fsp3) is 0.368. The second-order valence-electron chi connectivity index (χ2n) is 6.48. The third-order valence-electron chi connectivity index (χ3n) is 4.71. The second-order valence-corrected chi connectivity index (χ2v) is 7.48. The number of thiazole rings is 1. The lowest BCUT2D eigenvalue weighted by Gasteiger charge is -2.14. The first kappa shape index (κ1) is 17.2. The van der Waals surface area contributed by atoms with Gasteiger partial charge in [-0.25, -0.2) is 9.37 Å². The van der Waals surface area contributed by atoms with Gasteiger partial charge in [0.25, 0.3) is 0 Å². The van der Waals surface area contributed by atoms with Crippen molar-refractivity contribution in [3.05, 3.63) is 40.7 Å². The predicted octanol–water partition coefficient (Wildman–Crippen LogP) is 3.26. The SMILES string of the molecule is O=C1CC(=NCCN2CCCC2)C(=O)c2sc(-c3ccccc3F)nc21. The first-order chi connectivity index (χ1) is 12.6. The van der Waals surface area contributed by atoms with Crippen molar-refractivity contribution in [2.45, 2.75) is 19.3 Å². The molecule has 0 unspecified atom stereocenters. The van der Waals surface area contributed by atoms with Gasteiger partial charge in [0, 0.05) is 12.1 Å². The molecule has 1 saturated heterocycles. The Kier molecular flexibility index (Phi) is 4.74. The van der Waals surface area contributed by atoms with Crippen LogP contribution in [0.4, 0.5) is 4.39 Å². The molecule has 0 spiro atoms. The van der Waals surface area contributed by atoms with Crippen LogP contribution in [0.25, 0.3) is 10.6 Å². The van der Waals surface area contributed by atoms with Gasteiger partial charge in [-0.15, -0.1) is 11.3 Å². The third-order valence-corrected chi connectivity index (χ3v) is 5.80. The number of halogens is 1. The van der Waals surface area contributed by atoms with Crippen molar-refractivity contribution in [1.82, 2.24) is 9.88 Å². The number of likely N-dealkylation sites (tertiary alicyclic amines) is 1. The van der Waals surface area contributed by atoms with E-state index in [1.807, 2.05) is 0 Å². The molecule has 2 heterocycles. The molecule has 0 amide bonds. The highest BCUT2D eigenvalue weighted by molar-refractivity contribution is 7.18. The Labute approximate surface area is 154 Å². The molecule has 0 atom stereocenters. The number of Topliss-reactive ketones (excluding diaryl/α,β-unsaturated/α-hetero) is 2. The third kappa shape index (κ3) is 3.24. The number of aromatic nitrogens is 1. The van der Waals surface area contributed by atoms with Gasteiger partial charge in [0.15, 0.2) is 5.78 Å². The maximum absolute atomic E-state index is 14.0. The normalized spacial score (nSPS) is 19.3. The number of hydrogen-bond acceptors (Lipinski definition) is 6. The van der Waals surface area contributed by atoms with Crippen LogP contribution in [0.5, 0.6) is 0 Å². The van der Waals surface area contributed by atoms with Gasteiger partial charge in [-0.3, -0.25) is 14.6 Å². The summed E-state index contributed by atoms with van der Waals surface area (Å²) in [5, 5.41) is 0.355. The monoisotopic (exact) mass is 371 g/mol. The first-order valence-corrected chi connectivity index (χ1v) is 9.54. The molecule has 7 heteroatoms. The zero-order valence-electron chi connectivity index (χ0n) is 14.2. The van der Waals surface area contributed by atoms with Crippen molar-refractivity contribution < 1.29 is 14.0 Å². The number of hydrogen-bond donors (Lipinski definition) is 0. The van der Waals surface area contributed by atoms with Crippen LogP contribution in [0.1, 0.15) is 39.4 Å². The van der Waals surface area contributed by atoms with Gasteiger partial charge in [0.1, 0.15) is 21.4 Å². The van der Waals surface area contributed by atoms with Crippen molar-refractivity contribution in [3.63, 3.8) is 0 Å². The minimum atomic E-state index is -0.419. The van der Waals surface area contributed by atoms with Gasteiger partial charge < -0.3 is 4.90 Å². The van der Waals surface area contributed by atoms with E-state index < -0.39 is 5.82 Å². The van der Waals surface area contributed by atoms with Crippen LogP contribution in [0.15, 0.2) is 29.3 Å². The Hall–Kier alpha value is -2.25. The van der Waals surface area contributed by atoms with Gasteiger partial charge in [-0.2, -0.15) is 0 Å². The summed E-state index contributed by atoms with van der Waals surface area (Å²) in [6.45, 7) is 3.47. The minimum Gasteiger partial charge on any atom is -0.301 e. The molecular formula is C19H18FN3O2S. The lowest BCUT2D eigenvalue weighted by atomic mass is 9.98. The molecule has 2 aliphatic rings. The van der Waals surface area contributed by atoms with Crippen LogP contribution in [0.3, 0.4) is 0 Å². The highest BCUT2D eigenvalue weighted by Gasteiger charge is 2.33. The van der Waals surface area contributed by atoms with Gasteiger partial charge in [-0.1, -0.05) is 12.1 Å². The fourth-order valence-corrected chi connectivity index (χ4v) is 4.39. The van der Waals surface area contributed by atoms with E-state index in [4.69, 9.17) is 0 Å². The molecule has 0 radical (unpaired) electrons. The van der Waals surface area contributed by atoms with Gasteiger partial charge in [0.05, 0.1) is 18.7 Å². The van der Waals surface area contributed by atoms with E-state index in [0.29, 0.717) is 22.8 Å². The molecule has 26 heavy (non-hydrogen) atoms. The van der Waals surface area contributed by atoms with Crippen LogP contribution < -0.4 is 0 Å². The maximum atomic E-state index is 14.0. The highest BCUT2D eigenvalue weighted by atomic mass is 32.1. The molecule has 1 aliphatic carbocycles. The second kappa shape index (κ2) is 7.17. The number of nitrogens with zero attached hydrogens (tertiary/aromatic N) is 3. The van der Waals surface area contributed by atoms with E-state index in [1.165, 1.54) is 18.9 Å². The van der Waals surface area contributed by atoms with Crippen LogP contribution in [-0.4, -0.2) is 53.3 Å². The number of fused-ring (bicyclic) bond motifs is 1. The number of carbonyl (C=O) groups is 2. The summed E-state index contributed by atoms with van der Waals surface area (Å²) < 4.78 is 14.0. The summed E-state index contributed by atoms with van der Waals surface area (Å²) in [6, 6.07) is 6.23. The number of rotatable bonds is 4. The van der Waals surface area contributed by atoms with E-state index in [9.17, 15) is 14.0 Å². The quantitative estimate of drug-likeness (QED) is 0.828. The van der Waals surface area contributed by atoms with Crippen molar-refractivity contribution in [3.8, 4) is 10.6 Å². The Balaban J connectivity index is 1.57. The fourth-order valence-electron chi connectivity index (χ4n) is 3.32. The topological polar surface area (TPSA) is 62.6 Å². The van der Waals surface area contributed by atoms with Crippen molar-refractivity contribution >= 4 is 28.6 Å². The van der Waals surface area contributed by atoms with E-state index in [2.05, 4.69) is 14.9 Å². The lowest BCUT2D eigenvalue weighted by Crippen LogP contribution is -2.28. The largest absolute Gasteiger partial charge is 0.301 e. The lowest BCUT2D eigenvalue weighted by molar-refractivity contribution is 0.0963. The molecule has 1 aromatic heterocycles. The summed E-state index contributed by atoms with van der Waals surface area (Å²) in [5.41, 5.74) is 0.752. The summed E-state index contributed by atoms with van der Waals surface area (Å²) in [4.78, 5) is 36.3. The molecular weight excluding hydrogens is 353 g/mol. The molecule has 5 nitrogen and oxygen atoms in total. The summed E-state index contributed by atoms with van der Waals surface area (Å²) in [6.07, 6.45) is 2.39. The zero-order valence-corrected chi connectivity index (χ0v) is 15.0. The maximum Gasteiger partial charge on any atom is 0.219 e. The van der Waals surface area contributed by atoms with Crippen molar-refractivity contribution in [2.75, 3.05) is 26.2 Å². The molecule has 4 rings (SSSR count). The summed E-state index contributed by atoms with van der Waals surface area (Å²) in [7, 11) is 0. The molecule has 0 saturated carbocycles. The number of carbonyl (C=O) groups excluding carboxylic acids is 2. The van der Waals surface area contributed by atoms with Crippen molar-refractivity contribution in [2.24, 2.45) is 4.99 Å². The molecule has 1 aliphatic heterocycles. The zero-order chi connectivity index (χ0) is 18.1. The van der Waals surface area contributed by atoms with Crippen LogP contribution in [-0.2, 0) is 0 Å². The molecule has 0 bridgehead atoms. The van der Waals surface area contributed by atoms with Crippen LogP contribution in [0, 0.1) is 5.82 Å². The number of benzene rings is 1. The van der Waals surface area contributed by atoms with E-state index in [0.717, 1.165) is 31.0 Å². The minimum absolute atomic E-state index is 0.0215. The Morgan fingerprint density at radius 1 is 1.19 bits per heavy atom. The molecule has 1 fully saturated rings. The molecule has 1 aromatic carbocycles. The molecule has 134 valence electrons. The van der Waals surface area contributed by atoms with Crippen LogP contribution >= 0.6 is 11.3 Å². The average Bonchev–Trinajstić information content (AvgIpc) is 3.29. The highest BCUT2D eigenvalue weighted by Crippen LogP contribution is 2.33. The smallest absolute Gasteiger partial charge is 0.219 e. The molecule has 2 aromatic rings. The Morgan fingerprint density at radius 2 is 1.96 bits per heavy atom. The number of ketones is 2. The standard InChI is InChI=1S/C19H18FN3O2S/c20-13-6-2-1-5-12(13)19-22-16-15(24)11-14(17(25)18(16)26-19)21-7-10-23-8-3-4-9-23/h1-2,5-6H,3-4,7-11H2. The van der Waals surface area contributed by atoms with E-state index in [1.54, 1.807) is 18.2 Å². The first-order valence-electron chi connectivity index (χ1n) is 8.73. The van der Waals surface area contributed by atoms with E-state index >= 15 is 0 Å². The van der Waals surface area contributed by atoms with E-state index in [-0.39, 0.29) is 28.6 Å². The van der Waals surface area contributed by atoms with Gasteiger partial charge in [-0.05, 0) is 38.1 Å². The summed E-state index contributed by atoms with van der Waals surface area (Å²) in [5.74, 6) is -0.891. The predicted molar refractivity (Wildman–Crippen MR) is 98.8 cm³/mol. The Morgan fingerprint density at radius 3 is 2.73 bits per heavy atom. The van der Waals surface area contributed by atoms with Crippen molar-refractivity contribution in [1.29, 1.82) is 0 Å².